The Morgan fingerprint density at radius 1 is 1.47 bits per heavy atom. The molecule has 1 aromatic carbocycles. The molecule has 0 bridgehead atoms. The molecule has 0 atom stereocenters. The first-order chi connectivity index (χ1) is 8.84. The first-order valence-electron chi connectivity index (χ1n) is 5.66. The Bertz CT molecular complexity index is 579. The lowest BCUT2D eigenvalue weighted by Gasteiger charge is -2.11. The lowest BCUT2D eigenvalue weighted by molar-refractivity contribution is 0.0913. The molecule has 1 aromatic rings. The van der Waals surface area contributed by atoms with Crippen molar-refractivity contribution in [3.05, 3.63) is 28.8 Å². The fourth-order valence-electron chi connectivity index (χ4n) is 1.31. The van der Waals surface area contributed by atoms with Gasteiger partial charge < -0.3 is 4.74 Å². The van der Waals surface area contributed by atoms with Gasteiger partial charge in [0, 0.05) is 5.02 Å². The van der Waals surface area contributed by atoms with E-state index >= 15 is 0 Å². The molecule has 5 nitrogen and oxygen atoms in total. The third-order valence-corrected chi connectivity index (χ3v) is 3.64. The summed E-state index contributed by atoms with van der Waals surface area (Å²) in [4.78, 5) is 0. The molecule has 19 heavy (non-hydrogen) atoms. The van der Waals surface area contributed by atoms with Crippen LogP contribution in [-0.2, 0) is 14.8 Å². The smallest absolute Gasteiger partial charge is 0.235 e. The van der Waals surface area contributed by atoms with Gasteiger partial charge in [0.1, 0.15) is 6.07 Å². The van der Waals surface area contributed by atoms with Crippen LogP contribution in [0.4, 0.5) is 5.69 Å². The van der Waals surface area contributed by atoms with Gasteiger partial charge in [-0.1, -0.05) is 11.6 Å². The summed E-state index contributed by atoms with van der Waals surface area (Å²) in [6.45, 7) is 3.74. The molecule has 104 valence electrons. The van der Waals surface area contributed by atoms with E-state index in [1.54, 1.807) is 0 Å². The average molecular weight is 303 g/mol. The maximum absolute atomic E-state index is 11.8. The highest BCUT2D eigenvalue weighted by atomic mass is 35.5. The van der Waals surface area contributed by atoms with Crippen molar-refractivity contribution in [2.45, 2.75) is 20.0 Å². The van der Waals surface area contributed by atoms with Crippen LogP contribution in [0.2, 0.25) is 5.02 Å². The molecule has 0 saturated heterocycles. The lowest BCUT2D eigenvalue weighted by Crippen LogP contribution is -2.22. The molecule has 0 amide bonds. The van der Waals surface area contributed by atoms with Gasteiger partial charge in [0.15, 0.2) is 0 Å². The van der Waals surface area contributed by atoms with Gasteiger partial charge in [-0.15, -0.1) is 0 Å². The van der Waals surface area contributed by atoms with Crippen molar-refractivity contribution < 1.29 is 13.2 Å². The van der Waals surface area contributed by atoms with E-state index in [1.807, 2.05) is 19.9 Å². The van der Waals surface area contributed by atoms with Crippen LogP contribution in [0, 0.1) is 11.3 Å². The predicted octanol–water partition coefficient (Wildman–Crippen LogP) is 2.38. The van der Waals surface area contributed by atoms with Crippen molar-refractivity contribution >= 4 is 27.3 Å². The highest BCUT2D eigenvalue weighted by molar-refractivity contribution is 7.92. The third-order valence-electron chi connectivity index (χ3n) is 2.17. The number of rotatable bonds is 6. The Hall–Kier alpha value is -1.29. The molecule has 0 fully saturated rings. The van der Waals surface area contributed by atoms with E-state index < -0.39 is 10.0 Å². The van der Waals surface area contributed by atoms with Crippen molar-refractivity contribution in [1.82, 2.24) is 0 Å². The summed E-state index contributed by atoms with van der Waals surface area (Å²) in [5.41, 5.74) is 0.400. The van der Waals surface area contributed by atoms with Crippen LogP contribution < -0.4 is 4.72 Å². The Morgan fingerprint density at radius 3 is 2.74 bits per heavy atom. The fraction of sp³-hybridized carbons (Fsp3) is 0.417. The zero-order valence-corrected chi connectivity index (χ0v) is 12.3. The standard InChI is InChI=1S/C12H15ClN2O3S/c1-9(2)18-5-6-19(16,17)15-12-7-11(13)4-3-10(12)8-14/h3-4,7,9,15H,5-6H2,1-2H3. The van der Waals surface area contributed by atoms with Gasteiger partial charge in [-0.3, -0.25) is 4.72 Å². The monoisotopic (exact) mass is 302 g/mol. The average Bonchev–Trinajstić information content (AvgIpc) is 2.27. The Morgan fingerprint density at radius 2 is 2.16 bits per heavy atom. The van der Waals surface area contributed by atoms with Gasteiger partial charge in [0.2, 0.25) is 10.0 Å². The van der Waals surface area contributed by atoms with Crippen LogP contribution in [0.1, 0.15) is 19.4 Å². The summed E-state index contributed by atoms with van der Waals surface area (Å²) >= 11 is 5.78. The lowest BCUT2D eigenvalue weighted by atomic mass is 10.2. The van der Waals surface area contributed by atoms with Crippen LogP contribution in [0.15, 0.2) is 18.2 Å². The van der Waals surface area contributed by atoms with E-state index in [2.05, 4.69) is 4.72 Å². The van der Waals surface area contributed by atoms with E-state index in [0.29, 0.717) is 5.02 Å². The maximum Gasteiger partial charge on any atom is 0.235 e. The van der Waals surface area contributed by atoms with Crippen molar-refractivity contribution in [2.75, 3.05) is 17.1 Å². The van der Waals surface area contributed by atoms with E-state index in [-0.39, 0.29) is 29.7 Å². The SMILES string of the molecule is CC(C)OCCS(=O)(=O)Nc1cc(Cl)ccc1C#N. The summed E-state index contributed by atoms with van der Waals surface area (Å²) in [7, 11) is -3.56. The molecule has 0 spiro atoms. The highest BCUT2D eigenvalue weighted by Gasteiger charge is 2.13. The minimum Gasteiger partial charge on any atom is -0.378 e. The fourth-order valence-corrected chi connectivity index (χ4v) is 2.40. The minimum absolute atomic E-state index is 0.0314. The molecule has 0 aliphatic heterocycles. The Labute approximate surface area is 118 Å². The van der Waals surface area contributed by atoms with E-state index in [0.717, 1.165) is 0 Å². The summed E-state index contributed by atoms with van der Waals surface area (Å²) in [5.74, 6) is -0.178. The summed E-state index contributed by atoms with van der Waals surface area (Å²) in [5, 5.41) is 9.26. The molecule has 0 heterocycles. The molecule has 0 aliphatic rings. The molecule has 0 radical (unpaired) electrons. The number of halogens is 1. The normalized spacial score (nSPS) is 11.3. The largest absolute Gasteiger partial charge is 0.378 e. The molecule has 0 saturated carbocycles. The van der Waals surface area contributed by atoms with Crippen LogP contribution in [-0.4, -0.2) is 26.9 Å². The van der Waals surface area contributed by atoms with Crippen molar-refractivity contribution in [2.24, 2.45) is 0 Å². The van der Waals surface area contributed by atoms with E-state index in [1.165, 1.54) is 18.2 Å². The van der Waals surface area contributed by atoms with Crippen molar-refractivity contribution in [3.63, 3.8) is 0 Å². The second-order valence-corrected chi connectivity index (χ2v) is 6.42. The first kappa shape index (κ1) is 15.8. The molecule has 0 aliphatic carbocycles. The quantitative estimate of drug-likeness (QED) is 0.875. The molecule has 7 heteroatoms. The molecular weight excluding hydrogens is 288 g/mol. The number of nitrogens with zero attached hydrogens (tertiary/aromatic N) is 1. The summed E-state index contributed by atoms with van der Waals surface area (Å²) in [6, 6.07) is 6.30. The number of benzene rings is 1. The molecule has 1 N–H and O–H groups in total. The van der Waals surface area contributed by atoms with Crippen LogP contribution in [0.25, 0.3) is 0 Å². The number of ether oxygens (including phenoxy) is 1. The number of hydrogen-bond donors (Lipinski definition) is 1. The molecular formula is C12H15ClN2O3S. The Kier molecular flexibility index (Phi) is 5.60. The second-order valence-electron chi connectivity index (χ2n) is 4.14. The summed E-state index contributed by atoms with van der Waals surface area (Å²) in [6.07, 6.45) is -0.0314. The van der Waals surface area contributed by atoms with Gasteiger partial charge >= 0.3 is 0 Å². The highest BCUT2D eigenvalue weighted by Crippen LogP contribution is 2.21. The predicted molar refractivity (Wildman–Crippen MR) is 74.7 cm³/mol. The maximum atomic E-state index is 11.8. The molecule has 0 aromatic heterocycles. The van der Waals surface area contributed by atoms with Gasteiger partial charge in [-0.2, -0.15) is 5.26 Å². The van der Waals surface area contributed by atoms with Gasteiger partial charge in [0.05, 0.1) is 29.7 Å². The Balaban J connectivity index is 2.78. The van der Waals surface area contributed by atoms with Crippen molar-refractivity contribution in [3.8, 4) is 6.07 Å². The third kappa shape index (κ3) is 5.47. The van der Waals surface area contributed by atoms with Gasteiger partial charge in [0.25, 0.3) is 0 Å². The number of hydrogen-bond acceptors (Lipinski definition) is 4. The van der Waals surface area contributed by atoms with E-state index in [4.69, 9.17) is 21.6 Å². The zero-order valence-electron chi connectivity index (χ0n) is 10.7. The number of anilines is 1. The second kappa shape index (κ2) is 6.75. The van der Waals surface area contributed by atoms with E-state index in [9.17, 15) is 8.42 Å². The van der Waals surface area contributed by atoms with Crippen molar-refractivity contribution in [1.29, 1.82) is 5.26 Å². The number of sulfonamides is 1. The topological polar surface area (TPSA) is 79.2 Å². The first-order valence-corrected chi connectivity index (χ1v) is 7.69. The van der Waals surface area contributed by atoms with Crippen LogP contribution >= 0.6 is 11.6 Å². The van der Waals surface area contributed by atoms with Crippen LogP contribution in [0.3, 0.4) is 0 Å². The molecule has 0 unspecified atom stereocenters. The summed E-state index contributed by atoms with van der Waals surface area (Å²) < 4.78 is 31.2. The number of nitriles is 1. The molecule has 1 rings (SSSR count). The van der Waals surface area contributed by atoms with Crippen LogP contribution in [0.5, 0.6) is 0 Å². The van der Waals surface area contributed by atoms with Gasteiger partial charge in [-0.05, 0) is 32.0 Å². The minimum atomic E-state index is -3.56. The zero-order chi connectivity index (χ0) is 14.5. The number of nitrogens with one attached hydrogen (secondary N) is 1. The van der Waals surface area contributed by atoms with Gasteiger partial charge in [-0.25, -0.2) is 8.42 Å².